The van der Waals surface area contributed by atoms with Gasteiger partial charge < -0.3 is 15.1 Å². The maximum Gasteiger partial charge on any atom is 0.225 e. The molecule has 0 aliphatic carbocycles. The van der Waals surface area contributed by atoms with Crippen LogP contribution in [0, 0.1) is 0 Å². The quantitative estimate of drug-likeness (QED) is 0.720. The summed E-state index contributed by atoms with van der Waals surface area (Å²) in [6, 6.07) is 9.27. The predicted molar refractivity (Wildman–Crippen MR) is 92.8 cm³/mol. The molecule has 2 amide bonds. The number of furan rings is 1. The summed E-state index contributed by atoms with van der Waals surface area (Å²) in [6.07, 6.45) is 2.27. The van der Waals surface area contributed by atoms with Gasteiger partial charge in [0.15, 0.2) is 5.13 Å². The fourth-order valence-electron chi connectivity index (χ4n) is 2.19. The van der Waals surface area contributed by atoms with Crippen LogP contribution < -0.4 is 10.6 Å². The molecule has 2 aromatic heterocycles. The average molecular weight is 343 g/mol. The third-order valence-electron chi connectivity index (χ3n) is 3.42. The Bertz CT molecular complexity index is 855. The Morgan fingerprint density at radius 1 is 1.25 bits per heavy atom. The van der Waals surface area contributed by atoms with E-state index in [2.05, 4.69) is 15.6 Å². The molecule has 24 heavy (non-hydrogen) atoms. The molecule has 0 spiro atoms. The SMILES string of the molecule is CCC(=O)Nc1nc2ccc(CC(=O)NCc3ccco3)cc2s1. The van der Waals surface area contributed by atoms with Gasteiger partial charge in [0.05, 0.1) is 29.4 Å². The van der Waals surface area contributed by atoms with Crippen molar-refractivity contribution < 1.29 is 14.0 Å². The molecule has 0 atom stereocenters. The largest absolute Gasteiger partial charge is 0.467 e. The number of nitrogens with one attached hydrogen (secondary N) is 2. The fraction of sp³-hybridized carbons (Fsp3) is 0.235. The molecule has 0 radical (unpaired) electrons. The Labute approximate surface area is 142 Å². The Hall–Kier alpha value is -2.67. The molecule has 0 saturated carbocycles. The maximum absolute atomic E-state index is 12.0. The molecular weight excluding hydrogens is 326 g/mol. The Kier molecular flexibility index (Phi) is 4.90. The van der Waals surface area contributed by atoms with Crippen molar-refractivity contribution in [2.75, 3.05) is 5.32 Å². The first-order valence-corrected chi connectivity index (χ1v) is 8.44. The van der Waals surface area contributed by atoms with Crippen molar-refractivity contribution >= 4 is 38.5 Å². The third-order valence-corrected chi connectivity index (χ3v) is 4.36. The normalized spacial score (nSPS) is 10.7. The molecule has 2 N–H and O–H groups in total. The highest BCUT2D eigenvalue weighted by Gasteiger charge is 2.09. The van der Waals surface area contributed by atoms with Gasteiger partial charge in [-0.1, -0.05) is 24.3 Å². The van der Waals surface area contributed by atoms with Crippen molar-refractivity contribution in [1.29, 1.82) is 0 Å². The van der Waals surface area contributed by atoms with Gasteiger partial charge in [0, 0.05) is 6.42 Å². The number of fused-ring (bicyclic) bond motifs is 1. The van der Waals surface area contributed by atoms with Gasteiger partial charge in [0.1, 0.15) is 5.76 Å². The van der Waals surface area contributed by atoms with Gasteiger partial charge in [-0.15, -0.1) is 0 Å². The molecule has 2 heterocycles. The summed E-state index contributed by atoms with van der Waals surface area (Å²) in [5.41, 5.74) is 1.71. The minimum atomic E-state index is -0.0743. The molecule has 1 aromatic carbocycles. The fourth-order valence-corrected chi connectivity index (χ4v) is 3.13. The Balaban J connectivity index is 1.64. The first-order valence-electron chi connectivity index (χ1n) is 7.62. The van der Waals surface area contributed by atoms with E-state index >= 15 is 0 Å². The average Bonchev–Trinajstić information content (AvgIpc) is 3.21. The number of anilines is 1. The van der Waals surface area contributed by atoms with Crippen LogP contribution in [0.5, 0.6) is 0 Å². The van der Waals surface area contributed by atoms with E-state index in [1.54, 1.807) is 19.3 Å². The highest BCUT2D eigenvalue weighted by atomic mass is 32.1. The van der Waals surface area contributed by atoms with Crippen molar-refractivity contribution in [2.24, 2.45) is 0 Å². The minimum absolute atomic E-state index is 0.0633. The number of aromatic nitrogens is 1. The second-order valence-electron chi connectivity index (χ2n) is 5.26. The molecule has 6 nitrogen and oxygen atoms in total. The monoisotopic (exact) mass is 343 g/mol. The summed E-state index contributed by atoms with van der Waals surface area (Å²) in [7, 11) is 0. The van der Waals surface area contributed by atoms with Gasteiger partial charge in [-0.05, 0) is 29.8 Å². The molecule has 0 unspecified atom stereocenters. The lowest BCUT2D eigenvalue weighted by Gasteiger charge is -2.03. The summed E-state index contributed by atoms with van der Waals surface area (Å²) < 4.78 is 6.12. The summed E-state index contributed by atoms with van der Waals surface area (Å²) in [6.45, 7) is 2.17. The van der Waals surface area contributed by atoms with Crippen LogP contribution in [-0.4, -0.2) is 16.8 Å². The van der Waals surface area contributed by atoms with Crippen LogP contribution in [0.3, 0.4) is 0 Å². The van der Waals surface area contributed by atoms with E-state index in [4.69, 9.17) is 4.42 Å². The zero-order valence-electron chi connectivity index (χ0n) is 13.2. The number of rotatable bonds is 6. The first kappa shape index (κ1) is 16.2. The zero-order valence-corrected chi connectivity index (χ0v) is 14.0. The van der Waals surface area contributed by atoms with Crippen LogP contribution in [0.25, 0.3) is 10.2 Å². The molecule has 0 aliphatic rings. The first-order chi connectivity index (χ1) is 11.6. The van der Waals surface area contributed by atoms with Crippen LogP contribution in [-0.2, 0) is 22.6 Å². The van der Waals surface area contributed by atoms with Gasteiger partial charge in [-0.3, -0.25) is 9.59 Å². The maximum atomic E-state index is 12.0. The number of amides is 2. The second-order valence-corrected chi connectivity index (χ2v) is 6.29. The van der Waals surface area contributed by atoms with Crippen LogP contribution in [0.4, 0.5) is 5.13 Å². The van der Waals surface area contributed by atoms with Crippen LogP contribution >= 0.6 is 11.3 Å². The Morgan fingerprint density at radius 2 is 2.12 bits per heavy atom. The standard InChI is InChI=1S/C17H17N3O3S/c1-2-15(21)20-17-19-13-6-5-11(8-14(13)24-17)9-16(22)18-10-12-4-3-7-23-12/h3-8H,2,9-10H2,1H3,(H,18,22)(H,19,20,21). The molecule has 3 aromatic rings. The van der Waals surface area contributed by atoms with Crippen LogP contribution in [0.2, 0.25) is 0 Å². The van der Waals surface area contributed by atoms with E-state index in [0.29, 0.717) is 18.1 Å². The van der Waals surface area contributed by atoms with Crippen molar-refractivity contribution in [3.8, 4) is 0 Å². The van der Waals surface area contributed by atoms with E-state index in [-0.39, 0.29) is 18.2 Å². The number of benzene rings is 1. The predicted octanol–water partition coefficient (Wildman–Crippen LogP) is 3.10. The smallest absolute Gasteiger partial charge is 0.225 e. The number of hydrogen-bond acceptors (Lipinski definition) is 5. The second kappa shape index (κ2) is 7.27. The van der Waals surface area contributed by atoms with Crippen molar-refractivity contribution in [1.82, 2.24) is 10.3 Å². The number of thiazole rings is 1. The zero-order chi connectivity index (χ0) is 16.9. The topological polar surface area (TPSA) is 84.2 Å². The lowest BCUT2D eigenvalue weighted by molar-refractivity contribution is -0.120. The van der Waals surface area contributed by atoms with Gasteiger partial charge in [-0.2, -0.15) is 0 Å². The van der Waals surface area contributed by atoms with Gasteiger partial charge in [0.2, 0.25) is 11.8 Å². The molecule has 0 saturated heterocycles. The minimum Gasteiger partial charge on any atom is -0.467 e. The van der Waals surface area contributed by atoms with E-state index in [1.807, 2.05) is 24.3 Å². The van der Waals surface area contributed by atoms with Gasteiger partial charge >= 0.3 is 0 Å². The molecule has 7 heteroatoms. The molecular formula is C17H17N3O3S. The number of nitrogens with zero attached hydrogens (tertiary/aromatic N) is 1. The summed E-state index contributed by atoms with van der Waals surface area (Å²) in [4.78, 5) is 27.8. The lowest BCUT2D eigenvalue weighted by atomic mass is 10.1. The van der Waals surface area contributed by atoms with Crippen LogP contribution in [0.15, 0.2) is 41.0 Å². The molecule has 3 rings (SSSR count). The molecule has 124 valence electrons. The number of carbonyl (C=O) groups is 2. The van der Waals surface area contributed by atoms with E-state index in [0.717, 1.165) is 21.5 Å². The Morgan fingerprint density at radius 3 is 2.88 bits per heavy atom. The highest BCUT2D eigenvalue weighted by molar-refractivity contribution is 7.22. The molecule has 0 aliphatic heterocycles. The van der Waals surface area contributed by atoms with Gasteiger partial charge in [-0.25, -0.2) is 4.98 Å². The lowest BCUT2D eigenvalue weighted by Crippen LogP contribution is -2.24. The number of hydrogen-bond donors (Lipinski definition) is 2. The third kappa shape index (κ3) is 3.99. The summed E-state index contributed by atoms with van der Waals surface area (Å²) in [5, 5.41) is 6.15. The summed E-state index contributed by atoms with van der Waals surface area (Å²) >= 11 is 1.40. The van der Waals surface area contributed by atoms with Crippen molar-refractivity contribution in [3.05, 3.63) is 47.9 Å². The number of carbonyl (C=O) groups excluding carboxylic acids is 2. The van der Waals surface area contributed by atoms with Crippen molar-refractivity contribution in [3.63, 3.8) is 0 Å². The van der Waals surface area contributed by atoms with E-state index < -0.39 is 0 Å². The summed E-state index contributed by atoms with van der Waals surface area (Å²) in [5.74, 6) is 0.582. The van der Waals surface area contributed by atoms with Crippen molar-refractivity contribution in [2.45, 2.75) is 26.3 Å². The molecule has 0 fully saturated rings. The molecule has 0 bridgehead atoms. The van der Waals surface area contributed by atoms with E-state index in [9.17, 15) is 9.59 Å². The van der Waals surface area contributed by atoms with Crippen LogP contribution in [0.1, 0.15) is 24.7 Å². The van der Waals surface area contributed by atoms with Gasteiger partial charge in [0.25, 0.3) is 0 Å². The van der Waals surface area contributed by atoms with E-state index in [1.165, 1.54) is 11.3 Å². The highest BCUT2D eigenvalue weighted by Crippen LogP contribution is 2.27.